The van der Waals surface area contributed by atoms with Crippen LogP contribution < -0.4 is 10.2 Å². The molecule has 2 aromatic carbocycles. The molecule has 1 heterocycles. The van der Waals surface area contributed by atoms with Crippen LogP contribution in [0.5, 0.6) is 0 Å². The maximum absolute atomic E-state index is 13.1. The van der Waals surface area contributed by atoms with Crippen molar-refractivity contribution in [3.8, 4) is 0 Å². The van der Waals surface area contributed by atoms with Crippen molar-refractivity contribution in [2.75, 3.05) is 42.9 Å². The first kappa shape index (κ1) is 19.4. The minimum absolute atomic E-state index is 0.0611. The Morgan fingerprint density at radius 1 is 1.00 bits per heavy atom. The molecule has 0 aliphatic carbocycles. The van der Waals surface area contributed by atoms with E-state index in [1.54, 1.807) is 0 Å². The average molecular weight is 369 g/mol. The van der Waals surface area contributed by atoms with Gasteiger partial charge in [0.15, 0.2) is 0 Å². The Morgan fingerprint density at radius 3 is 2.19 bits per heavy atom. The molecule has 0 aromatic heterocycles. The van der Waals surface area contributed by atoms with Crippen molar-refractivity contribution >= 4 is 17.3 Å². The Balaban J connectivity index is 1.46. The first-order valence-electron chi connectivity index (χ1n) is 9.53. The summed E-state index contributed by atoms with van der Waals surface area (Å²) in [7, 11) is 0. The Hall–Kier alpha value is -2.40. The van der Waals surface area contributed by atoms with E-state index in [1.807, 2.05) is 26.0 Å². The molecular weight excluding hydrogens is 341 g/mol. The number of anilines is 2. The van der Waals surface area contributed by atoms with E-state index in [1.165, 1.54) is 17.7 Å². The lowest BCUT2D eigenvalue weighted by atomic mass is 10.0. The maximum Gasteiger partial charge on any atom is 0.225 e. The molecule has 1 amide bonds. The molecule has 0 unspecified atom stereocenters. The number of carbonyl (C=O) groups is 1. The SMILES string of the molecule is Cc1cc(C)c(NC(=O)CCN2CCN(c3ccc(F)cc3)CC2)c(C)c1. The van der Waals surface area contributed by atoms with E-state index < -0.39 is 0 Å². The van der Waals surface area contributed by atoms with Gasteiger partial charge in [-0.15, -0.1) is 0 Å². The van der Waals surface area contributed by atoms with Crippen LogP contribution in [0.3, 0.4) is 0 Å². The van der Waals surface area contributed by atoms with Gasteiger partial charge < -0.3 is 10.2 Å². The van der Waals surface area contributed by atoms with Gasteiger partial charge in [0.05, 0.1) is 0 Å². The highest BCUT2D eigenvalue weighted by Gasteiger charge is 2.18. The van der Waals surface area contributed by atoms with Crippen molar-refractivity contribution in [1.29, 1.82) is 0 Å². The number of piperazine rings is 1. The zero-order valence-electron chi connectivity index (χ0n) is 16.4. The zero-order chi connectivity index (χ0) is 19.4. The monoisotopic (exact) mass is 369 g/mol. The zero-order valence-corrected chi connectivity index (χ0v) is 16.4. The van der Waals surface area contributed by atoms with Crippen LogP contribution in [0.15, 0.2) is 36.4 Å². The van der Waals surface area contributed by atoms with Crippen LogP contribution in [-0.2, 0) is 4.79 Å². The molecule has 0 bridgehead atoms. The Labute approximate surface area is 161 Å². The minimum atomic E-state index is -0.206. The summed E-state index contributed by atoms with van der Waals surface area (Å²) in [4.78, 5) is 17.0. The van der Waals surface area contributed by atoms with E-state index in [0.29, 0.717) is 6.42 Å². The molecule has 1 N–H and O–H groups in total. The van der Waals surface area contributed by atoms with Crippen LogP contribution in [0.1, 0.15) is 23.1 Å². The number of aryl methyl sites for hydroxylation is 3. The maximum atomic E-state index is 13.1. The number of rotatable bonds is 5. The van der Waals surface area contributed by atoms with E-state index in [9.17, 15) is 9.18 Å². The van der Waals surface area contributed by atoms with Crippen LogP contribution in [0.2, 0.25) is 0 Å². The lowest BCUT2D eigenvalue weighted by Gasteiger charge is -2.36. The summed E-state index contributed by atoms with van der Waals surface area (Å²) < 4.78 is 13.1. The highest BCUT2D eigenvalue weighted by atomic mass is 19.1. The molecule has 0 atom stereocenters. The number of hydrogen-bond donors (Lipinski definition) is 1. The number of hydrogen-bond acceptors (Lipinski definition) is 3. The fourth-order valence-corrected chi connectivity index (χ4v) is 3.72. The van der Waals surface area contributed by atoms with Crippen LogP contribution in [0.25, 0.3) is 0 Å². The second kappa shape index (κ2) is 8.53. The molecule has 0 saturated carbocycles. The standard InChI is InChI=1S/C22H28FN3O/c1-16-14-17(2)22(18(3)15-16)24-21(27)8-9-25-10-12-26(13-11-25)20-6-4-19(23)5-7-20/h4-7,14-15H,8-13H2,1-3H3,(H,24,27). The third-order valence-electron chi connectivity index (χ3n) is 5.16. The first-order valence-corrected chi connectivity index (χ1v) is 9.53. The molecule has 5 heteroatoms. The number of nitrogens with one attached hydrogen (secondary N) is 1. The second-order valence-corrected chi connectivity index (χ2v) is 7.38. The largest absolute Gasteiger partial charge is 0.369 e. The van der Waals surface area contributed by atoms with Gasteiger partial charge in [-0.2, -0.15) is 0 Å². The number of amides is 1. The van der Waals surface area contributed by atoms with E-state index in [4.69, 9.17) is 0 Å². The summed E-state index contributed by atoms with van der Waals surface area (Å²) in [5.41, 5.74) is 5.41. The number of carbonyl (C=O) groups excluding carboxylic acids is 1. The van der Waals surface area contributed by atoms with Gasteiger partial charge in [0.1, 0.15) is 5.82 Å². The highest BCUT2D eigenvalue weighted by Crippen LogP contribution is 2.22. The van der Waals surface area contributed by atoms with Gasteiger partial charge in [-0.1, -0.05) is 17.7 Å². The van der Waals surface area contributed by atoms with E-state index in [-0.39, 0.29) is 11.7 Å². The molecule has 1 aliphatic heterocycles. The first-order chi connectivity index (χ1) is 12.9. The average Bonchev–Trinajstić information content (AvgIpc) is 2.64. The molecule has 144 valence electrons. The highest BCUT2D eigenvalue weighted by molar-refractivity contribution is 5.92. The fraction of sp³-hybridized carbons (Fsp3) is 0.409. The molecule has 1 fully saturated rings. The fourth-order valence-electron chi connectivity index (χ4n) is 3.72. The van der Waals surface area contributed by atoms with Gasteiger partial charge in [-0.3, -0.25) is 9.69 Å². The molecule has 0 spiro atoms. The molecule has 4 nitrogen and oxygen atoms in total. The molecule has 2 aromatic rings. The van der Waals surface area contributed by atoms with Gasteiger partial charge >= 0.3 is 0 Å². The molecule has 0 radical (unpaired) electrons. The Kier molecular flexibility index (Phi) is 6.11. The van der Waals surface area contributed by atoms with Gasteiger partial charge in [-0.05, 0) is 56.2 Å². The number of nitrogens with zero attached hydrogens (tertiary/aromatic N) is 2. The predicted octanol–water partition coefficient (Wildman–Crippen LogP) is 3.90. The Morgan fingerprint density at radius 2 is 1.59 bits per heavy atom. The predicted molar refractivity (Wildman–Crippen MR) is 109 cm³/mol. The van der Waals surface area contributed by atoms with Gasteiger partial charge in [0, 0.05) is 50.5 Å². The van der Waals surface area contributed by atoms with Crippen LogP contribution in [0, 0.1) is 26.6 Å². The van der Waals surface area contributed by atoms with Gasteiger partial charge in [0.2, 0.25) is 5.91 Å². The molecule has 1 aliphatic rings. The quantitative estimate of drug-likeness (QED) is 0.868. The molecule has 3 rings (SSSR count). The summed E-state index contributed by atoms with van der Waals surface area (Å²) in [6, 6.07) is 10.8. The topological polar surface area (TPSA) is 35.6 Å². The van der Waals surface area contributed by atoms with E-state index in [2.05, 4.69) is 34.2 Å². The van der Waals surface area contributed by atoms with Crippen molar-refractivity contribution in [1.82, 2.24) is 4.90 Å². The molecular formula is C22H28FN3O. The van der Waals surface area contributed by atoms with Crippen LogP contribution in [-0.4, -0.2) is 43.5 Å². The molecule has 27 heavy (non-hydrogen) atoms. The van der Waals surface area contributed by atoms with Crippen molar-refractivity contribution in [2.24, 2.45) is 0 Å². The number of benzene rings is 2. The van der Waals surface area contributed by atoms with Crippen LogP contribution >= 0.6 is 0 Å². The summed E-state index contributed by atoms with van der Waals surface area (Å²) in [6.45, 7) is 10.5. The smallest absolute Gasteiger partial charge is 0.225 e. The molecule has 1 saturated heterocycles. The lowest BCUT2D eigenvalue weighted by Crippen LogP contribution is -2.47. The summed E-state index contributed by atoms with van der Waals surface area (Å²) in [6.07, 6.45) is 0.489. The van der Waals surface area contributed by atoms with E-state index >= 15 is 0 Å². The summed E-state index contributed by atoms with van der Waals surface area (Å²) >= 11 is 0. The van der Waals surface area contributed by atoms with Crippen LogP contribution in [0.4, 0.5) is 15.8 Å². The summed E-state index contributed by atoms with van der Waals surface area (Å²) in [5.74, 6) is -0.145. The minimum Gasteiger partial charge on any atom is -0.369 e. The Bertz CT molecular complexity index is 773. The van der Waals surface area contributed by atoms with Crippen molar-refractivity contribution in [2.45, 2.75) is 27.2 Å². The van der Waals surface area contributed by atoms with Crippen molar-refractivity contribution in [3.63, 3.8) is 0 Å². The van der Waals surface area contributed by atoms with Crippen molar-refractivity contribution in [3.05, 3.63) is 58.9 Å². The third-order valence-corrected chi connectivity index (χ3v) is 5.16. The summed E-state index contributed by atoms with van der Waals surface area (Å²) in [5, 5.41) is 3.07. The third kappa shape index (κ3) is 5.07. The normalized spacial score (nSPS) is 15.0. The van der Waals surface area contributed by atoms with E-state index in [0.717, 1.165) is 55.2 Å². The number of halogens is 1. The second-order valence-electron chi connectivity index (χ2n) is 7.38. The van der Waals surface area contributed by atoms with Gasteiger partial charge in [-0.25, -0.2) is 4.39 Å². The van der Waals surface area contributed by atoms with Gasteiger partial charge in [0.25, 0.3) is 0 Å². The lowest BCUT2D eigenvalue weighted by molar-refractivity contribution is -0.116. The van der Waals surface area contributed by atoms with Crippen molar-refractivity contribution < 1.29 is 9.18 Å².